The smallest absolute Gasteiger partial charge is 0.274 e. The van der Waals surface area contributed by atoms with E-state index in [1.165, 1.54) is 17.3 Å². The van der Waals surface area contributed by atoms with Gasteiger partial charge in [-0.15, -0.1) is 0 Å². The highest BCUT2D eigenvalue weighted by molar-refractivity contribution is 5.95. The van der Waals surface area contributed by atoms with Gasteiger partial charge in [0.1, 0.15) is 5.69 Å². The minimum atomic E-state index is -0.0937. The Morgan fingerprint density at radius 3 is 2.47 bits per heavy atom. The summed E-state index contributed by atoms with van der Waals surface area (Å²) in [5, 5.41) is 7.27. The molecule has 8 nitrogen and oxygen atoms in total. The molecule has 0 atom stereocenters. The standard InChI is InChI=1S/C24H26N6O2/c1-16-12-26-21(14-25-16)24(32)29-9-7-18(8-10-29)22-20(13-27-28-22)23(31)30-11-6-17-4-2-3-5-19(17)15-30/h2-5,12-14,18H,6-11,15H2,1H3,(H,27,28). The van der Waals surface area contributed by atoms with Crippen LogP contribution in [0.15, 0.2) is 42.9 Å². The van der Waals surface area contributed by atoms with Crippen LogP contribution in [-0.2, 0) is 13.0 Å². The summed E-state index contributed by atoms with van der Waals surface area (Å²) >= 11 is 0. The summed E-state index contributed by atoms with van der Waals surface area (Å²) < 4.78 is 0. The molecule has 0 aliphatic carbocycles. The fourth-order valence-electron chi connectivity index (χ4n) is 4.65. The van der Waals surface area contributed by atoms with Crippen LogP contribution in [0, 0.1) is 6.92 Å². The monoisotopic (exact) mass is 430 g/mol. The highest BCUT2D eigenvalue weighted by Gasteiger charge is 2.31. The Morgan fingerprint density at radius 1 is 0.938 bits per heavy atom. The Bertz CT molecular complexity index is 1130. The van der Waals surface area contributed by atoms with E-state index in [0.717, 1.165) is 30.7 Å². The molecule has 0 bridgehead atoms. The summed E-state index contributed by atoms with van der Waals surface area (Å²) in [7, 11) is 0. The molecule has 0 saturated carbocycles. The van der Waals surface area contributed by atoms with Crippen LogP contribution < -0.4 is 0 Å². The van der Waals surface area contributed by atoms with Gasteiger partial charge >= 0.3 is 0 Å². The second-order valence-corrected chi connectivity index (χ2v) is 8.55. The van der Waals surface area contributed by atoms with Gasteiger partial charge < -0.3 is 9.80 Å². The summed E-state index contributed by atoms with van der Waals surface area (Å²) in [5.41, 5.74) is 5.22. The maximum absolute atomic E-state index is 13.3. The molecular formula is C24H26N6O2. The van der Waals surface area contributed by atoms with Crippen molar-refractivity contribution in [3.05, 3.63) is 76.6 Å². The van der Waals surface area contributed by atoms with Gasteiger partial charge in [0.05, 0.1) is 29.3 Å². The number of nitrogens with zero attached hydrogens (tertiary/aromatic N) is 5. The Morgan fingerprint density at radius 2 is 1.72 bits per heavy atom. The van der Waals surface area contributed by atoms with Crippen molar-refractivity contribution in [2.75, 3.05) is 19.6 Å². The molecule has 1 N–H and O–H groups in total. The number of rotatable bonds is 3. The molecule has 2 aliphatic heterocycles. The van der Waals surface area contributed by atoms with E-state index in [2.05, 4.69) is 32.3 Å². The van der Waals surface area contributed by atoms with Crippen LogP contribution in [0.2, 0.25) is 0 Å². The van der Waals surface area contributed by atoms with Gasteiger partial charge in [-0.25, -0.2) is 4.98 Å². The molecule has 3 aromatic rings. The molecule has 5 rings (SSSR count). The van der Waals surface area contributed by atoms with Gasteiger partial charge in [0, 0.05) is 38.3 Å². The first kappa shape index (κ1) is 20.4. The predicted octanol–water partition coefficient (Wildman–Crippen LogP) is 2.73. The zero-order valence-corrected chi connectivity index (χ0v) is 18.1. The maximum Gasteiger partial charge on any atom is 0.274 e. The lowest BCUT2D eigenvalue weighted by molar-refractivity contribution is 0.0695. The van der Waals surface area contributed by atoms with E-state index in [1.54, 1.807) is 12.4 Å². The highest BCUT2D eigenvalue weighted by Crippen LogP contribution is 2.31. The van der Waals surface area contributed by atoms with Gasteiger partial charge in [-0.1, -0.05) is 24.3 Å². The zero-order chi connectivity index (χ0) is 22.1. The van der Waals surface area contributed by atoms with Crippen LogP contribution in [0.5, 0.6) is 0 Å². The molecule has 1 saturated heterocycles. The number of likely N-dealkylation sites (tertiary alicyclic amines) is 1. The minimum absolute atomic E-state index is 0.0247. The minimum Gasteiger partial charge on any atom is -0.337 e. The van der Waals surface area contributed by atoms with Crippen molar-refractivity contribution in [3.8, 4) is 0 Å². The SMILES string of the molecule is Cc1cnc(C(=O)N2CCC(c3[nH]ncc3C(=O)N3CCc4ccccc4C3)CC2)cn1. The Hall–Kier alpha value is -3.55. The molecule has 2 aliphatic rings. The van der Waals surface area contributed by atoms with Crippen molar-refractivity contribution in [1.82, 2.24) is 30.0 Å². The number of aromatic nitrogens is 4. The van der Waals surface area contributed by atoms with Crippen molar-refractivity contribution in [2.45, 2.75) is 38.6 Å². The molecule has 2 amide bonds. The quantitative estimate of drug-likeness (QED) is 0.689. The molecule has 8 heteroatoms. The van der Waals surface area contributed by atoms with Crippen molar-refractivity contribution in [3.63, 3.8) is 0 Å². The van der Waals surface area contributed by atoms with Crippen LogP contribution in [0.4, 0.5) is 0 Å². The molecule has 32 heavy (non-hydrogen) atoms. The number of benzene rings is 1. The third-order valence-electron chi connectivity index (χ3n) is 6.51. The number of fused-ring (bicyclic) bond motifs is 1. The fraction of sp³-hybridized carbons (Fsp3) is 0.375. The lowest BCUT2D eigenvalue weighted by Crippen LogP contribution is -2.39. The number of hydrogen-bond donors (Lipinski definition) is 1. The summed E-state index contributed by atoms with van der Waals surface area (Å²) in [6.45, 7) is 4.42. The van der Waals surface area contributed by atoms with Crippen LogP contribution in [0.25, 0.3) is 0 Å². The topological polar surface area (TPSA) is 95.1 Å². The van der Waals surface area contributed by atoms with E-state index in [0.29, 0.717) is 37.4 Å². The normalized spacial score (nSPS) is 16.7. The number of nitrogens with one attached hydrogen (secondary N) is 1. The van der Waals surface area contributed by atoms with E-state index >= 15 is 0 Å². The average molecular weight is 431 g/mol. The average Bonchev–Trinajstić information content (AvgIpc) is 3.33. The van der Waals surface area contributed by atoms with Gasteiger partial charge in [-0.3, -0.25) is 19.7 Å². The van der Waals surface area contributed by atoms with E-state index in [4.69, 9.17) is 0 Å². The number of carbonyl (C=O) groups is 2. The van der Waals surface area contributed by atoms with Gasteiger partial charge in [-0.2, -0.15) is 5.10 Å². The van der Waals surface area contributed by atoms with Gasteiger partial charge in [0.15, 0.2) is 0 Å². The van der Waals surface area contributed by atoms with Crippen molar-refractivity contribution in [2.24, 2.45) is 0 Å². The number of piperidine rings is 1. The predicted molar refractivity (Wildman–Crippen MR) is 118 cm³/mol. The molecule has 4 heterocycles. The van der Waals surface area contributed by atoms with E-state index in [1.807, 2.05) is 28.9 Å². The van der Waals surface area contributed by atoms with E-state index in [9.17, 15) is 9.59 Å². The molecule has 1 fully saturated rings. The Labute approximate surface area is 186 Å². The zero-order valence-electron chi connectivity index (χ0n) is 18.1. The molecule has 164 valence electrons. The first-order chi connectivity index (χ1) is 15.6. The van der Waals surface area contributed by atoms with E-state index < -0.39 is 0 Å². The van der Waals surface area contributed by atoms with Gasteiger partial charge in [-0.05, 0) is 37.3 Å². The summed E-state index contributed by atoms with van der Waals surface area (Å²) in [6, 6.07) is 8.30. The summed E-state index contributed by atoms with van der Waals surface area (Å²) in [4.78, 5) is 38.1. The highest BCUT2D eigenvalue weighted by atomic mass is 16.2. The fourth-order valence-corrected chi connectivity index (χ4v) is 4.65. The Kier molecular flexibility index (Phi) is 5.43. The number of H-pyrrole nitrogens is 1. The maximum atomic E-state index is 13.3. The van der Waals surface area contributed by atoms with Gasteiger partial charge in [0.2, 0.25) is 0 Å². The second kappa shape index (κ2) is 8.53. The Balaban J connectivity index is 1.25. The summed E-state index contributed by atoms with van der Waals surface area (Å²) in [5.74, 6) is 0.0993. The van der Waals surface area contributed by atoms with Crippen molar-refractivity contribution in [1.29, 1.82) is 0 Å². The summed E-state index contributed by atoms with van der Waals surface area (Å²) in [6.07, 6.45) is 7.22. The third-order valence-corrected chi connectivity index (χ3v) is 6.51. The van der Waals surface area contributed by atoms with Gasteiger partial charge in [0.25, 0.3) is 11.8 Å². The largest absolute Gasteiger partial charge is 0.337 e. The van der Waals surface area contributed by atoms with Crippen LogP contribution >= 0.6 is 0 Å². The lowest BCUT2D eigenvalue weighted by atomic mass is 9.90. The molecule has 0 radical (unpaired) electrons. The first-order valence-electron chi connectivity index (χ1n) is 11.1. The second-order valence-electron chi connectivity index (χ2n) is 8.55. The number of hydrogen-bond acceptors (Lipinski definition) is 5. The number of amides is 2. The lowest BCUT2D eigenvalue weighted by Gasteiger charge is -2.32. The van der Waals surface area contributed by atoms with Crippen molar-refractivity contribution < 1.29 is 9.59 Å². The third kappa shape index (κ3) is 3.88. The molecule has 2 aromatic heterocycles. The number of carbonyl (C=O) groups excluding carboxylic acids is 2. The van der Waals surface area contributed by atoms with Crippen LogP contribution in [0.1, 0.15) is 62.1 Å². The number of aryl methyl sites for hydroxylation is 1. The molecule has 0 spiro atoms. The van der Waals surface area contributed by atoms with Crippen LogP contribution in [0.3, 0.4) is 0 Å². The number of aromatic amines is 1. The van der Waals surface area contributed by atoms with Crippen molar-refractivity contribution >= 4 is 11.8 Å². The van der Waals surface area contributed by atoms with Crippen LogP contribution in [-0.4, -0.2) is 61.4 Å². The first-order valence-corrected chi connectivity index (χ1v) is 11.1. The van der Waals surface area contributed by atoms with E-state index in [-0.39, 0.29) is 17.7 Å². The molecular weight excluding hydrogens is 404 g/mol. The molecule has 1 aromatic carbocycles. The molecule has 0 unspecified atom stereocenters.